The normalized spacial score (nSPS) is 23.1. The maximum absolute atomic E-state index is 2.38. The smallest absolute Gasteiger partial charge is 0.00835 e. The lowest BCUT2D eigenvalue weighted by molar-refractivity contribution is 0.358. The average Bonchev–Trinajstić information content (AvgIpc) is 2.80. The summed E-state index contributed by atoms with van der Waals surface area (Å²) >= 11 is 1.98. The summed E-state index contributed by atoms with van der Waals surface area (Å²) in [5.41, 5.74) is 5.80. The largest absolute Gasteiger partial charge is 0.148 e. The highest BCUT2D eigenvalue weighted by atomic mass is 32.1. The van der Waals surface area contributed by atoms with E-state index in [-0.39, 0.29) is 0 Å². The highest BCUT2D eigenvalue weighted by molar-refractivity contribution is 7.10. The first-order valence-corrected chi connectivity index (χ1v) is 9.67. The van der Waals surface area contributed by atoms with E-state index in [1.165, 1.54) is 60.8 Å². The molecule has 1 atom stereocenters. The van der Waals surface area contributed by atoms with Gasteiger partial charge in [-0.1, -0.05) is 68.9 Å². The highest BCUT2D eigenvalue weighted by Gasteiger charge is 2.18. The van der Waals surface area contributed by atoms with Crippen molar-refractivity contribution in [3.8, 4) is 0 Å². The van der Waals surface area contributed by atoms with Gasteiger partial charge in [-0.15, -0.1) is 11.3 Å². The van der Waals surface area contributed by atoms with Crippen molar-refractivity contribution in [1.82, 2.24) is 0 Å². The highest BCUT2D eigenvalue weighted by Crippen LogP contribution is 2.35. The van der Waals surface area contributed by atoms with Crippen molar-refractivity contribution in [3.63, 3.8) is 0 Å². The first-order valence-electron chi connectivity index (χ1n) is 8.79. The fourth-order valence-corrected chi connectivity index (χ4v) is 4.80. The fourth-order valence-electron chi connectivity index (χ4n) is 3.60. The molecule has 2 aliphatic rings. The van der Waals surface area contributed by atoms with E-state index >= 15 is 0 Å². The zero-order valence-electron chi connectivity index (χ0n) is 14.2. The van der Waals surface area contributed by atoms with Crippen molar-refractivity contribution >= 4 is 16.9 Å². The molecule has 0 spiro atoms. The molecule has 0 nitrogen and oxygen atoms in total. The van der Waals surface area contributed by atoms with Gasteiger partial charge in [0.25, 0.3) is 0 Å². The third kappa shape index (κ3) is 3.46. The summed E-state index contributed by atoms with van der Waals surface area (Å²) in [6, 6.07) is 0. The predicted molar refractivity (Wildman–Crippen MR) is 99.4 cm³/mol. The molecule has 118 valence electrons. The van der Waals surface area contributed by atoms with Gasteiger partial charge in [0.05, 0.1) is 0 Å². The van der Waals surface area contributed by atoms with Crippen LogP contribution < -0.4 is 0 Å². The van der Waals surface area contributed by atoms with Crippen molar-refractivity contribution in [2.75, 3.05) is 0 Å². The molecule has 1 aromatic rings. The Labute approximate surface area is 139 Å². The van der Waals surface area contributed by atoms with Gasteiger partial charge in [0.15, 0.2) is 0 Å². The second kappa shape index (κ2) is 7.00. The van der Waals surface area contributed by atoms with E-state index in [1.807, 2.05) is 11.3 Å². The zero-order chi connectivity index (χ0) is 15.5. The molecule has 0 aromatic carbocycles. The summed E-state index contributed by atoms with van der Waals surface area (Å²) in [5, 5.41) is 2.38. The van der Waals surface area contributed by atoms with Gasteiger partial charge in [-0.25, -0.2) is 0 Å². The molecule has 1 unspecified atom stereocenters. The molecule has 0 bridgehead atoms. The summed E-state index contributed by atoms with van der Waals surface area (Å²) in [5.74, 6) is 1.48. The van der Waals surface area contributed by atoms with Crippen molar-refractivity contribution in [1.29, 1.82) is 0 Å². The Balaban J connectivity index is 1.80. The molecule has 0 saturated heterocycles. The minimum absolute atomic E-state index is 0.550. The maximum Gasteiger partial charge on any atom is 0.00835 e. The molecule has 0 aliphatic heterocycles. The molecule has 1 heteroatoms. The molecular formula is C21H28S. The van der Waals surface area contributed by atoms with Crippen LogP contribution in [-0.2, 0) is 6.42 Å². The molecule has 3 rings (SSSR count). The monoisotopic (exact) mass is 312 g/mol. The Bertz CT molecular complexity index is 606. The van der Waals surface area contributed by atoms with E-state index in [0.29, 0.717) is 5.92 Å². The number of rotatable bonds is 3. The molecule has 1 saturated carbocycles. The Morgan fingerprint density at radius 1 is 1.09 bits per heavy atom. The predicted octanol–water partition coefficient (Wildman–Crippen LogP) is 6.71. The lowest BCUT2D eigenvalue weighted by atomic mass is 9.86. The van der Waals surface area contributed by atoms with Crippen LogP contribution in [0.2, 0.25) is 0 Å². The van der Waals surface area contributed by atoms with Crippen LogP contribution in [0.3, 0.4) is 0 Å². The van der Waals surface area contributed by atoms with E-state index in [4.69, 9.17) is 0 Å². The van der Waals surface area contributed by atoms with E-state index < -0.39 is 0 Å². The number of allylic oxidation sites excluding steroid dienone is 6. The third-order valence-corrected chi connectivity index (χ3v) is 6.57. The SMILES string of the molecule is CC1=CC=C(c2csc(CC3CCCCC3)c2C)C=CC1C. The van der Waals surface area contributed by atoms with Gasteiger partial charge in [-0.3, -0.25) is 0 Å². The quantitative estimate of drug-likeness (QED) is 0.581. The van der Waals surface area contributed by atoms with Crippen LogP contribution in [0.15, 0.2) is 35.3 Å². The first-order chi connectivity index (χ1) is 10.6. The number of hydrogen-bond acceptors (Lipinski definition) is 1. The molecular weight excluding hydrogens is 284 g/mol. The third-order valence-electron chi connectivity index (χ3n) is 5.46. The first kappa shape index (κ1) is 15.8. The second-order valence-corrected chi connectivity index (χ2v) is 8.05. The Morgan fingerprint density at radius 2 is 1.86 bits per heavy atom. The fraction of sp³-hybridized carbons (Fsp3) is 0.524. The van der Waals surface area contributed by atoms with Gasteiger partial charge in [0.2, 0.25) is 0 Å². The molecule has 1 heterocycles. The van der Waals surface area contributed by atoms with Crippen LogP contribution in [0.5, 0.6) is 0 Å². The van der Waals surface area contributed by atoms with E-state index in [1.54, 1.807) is 4.88 Å². The number of hydrogen-bond donors (Lipinski definition) is 0. The van der Waals surface area contributed by atoms with Gasteiger partial charge in [-0.05, 0) is 54.2 Å². The van der Waals surface area contributed by atoms with E-state index in [9.17, 15) is 0 Å². The standard InChI is InChI=1S/C21H28S/c1-15-9-11-19(12-10-16(15)2)20-14-22-21(17(20)3)13-18-7-5-4-6-8-18/h9-12,14-15,18H,4-8,13H2,1-3H3. The Hall–Kier alpha value is -1.08. The summed E-state index contributed by atoms with van der Waals surface area (Å²) in [6.07, 6.45) is 17.8. The minimum atomic E-state index is 0.550. The van der Waals surface area contributed by atoms with Crippen LogP contribution in [0.4, 0.5) is 0 Å². The van der Waals surface area contributed by atoms with Crippen LogP contribution in [-0.4, -0.2) is 0 Å². The molecule has 0 amide bonds. The van der Waals surface area contributed by atoms with E-state index in [2.05, 4.69) is 50.5 Å². The molecule has 0 radical (unpaired) electrons. The van der Waals surface area contributed by atoms with E-state index in [0.717, 1.165) is 5.92 Å². The molecule has 1 aromatic heterocycles. The van der Waals surface area contributed by atoms with Gasteiger partial charge in [0, 0.05) is 4.88 Å². The topological polar surface area (TPSA) is 0 Å². The van der Waals surface area contributed by atoms with Crippen molar-refractivity contribution in [2.24, 2.45) is 11.8 Å². The summed E-state index contributed by atoms with van der Waals surface area (Å²) in [6.45, 7) is 6.82. The average molecular weight is 313 g/mol. The Kier molecular flexibility index (Phi) is 5.03. The van der Waals surface area contributed by atoms with Crippen molar-refractivity contribution < 1.29 is 0 Å². The van der Waals surface area contributed by atoms with Gasteiger partial charge in [0.1, 0.15) is 0 Å². The molecule has 22 heavy (non-hydrogen) atoms. The van der Waals surface area contributed by atoms with Crippen LogP contribution in [0.25, 0.3) is 5.57 Å². The summed E-state index contributed by atoms with van der Waals surface area (Å²) in [4.78, 5) is 1.62. The Morgan fingerprint density at radius 3 is 2.64 bits per heavy atom. The summed E-state index contributed by atoms with van der Waals surface area (Å²) < 4.78 is 0. The number of thiophene rings is 1. The molecule has 2 aliphatic carbocycles. The lowest BCUT2D eigenvalue weighted by Crippen LogP contribution is -2.09. The lowest BCUT2D eigenvalue weighted by Gasteiger charge is -2.21. The van der Waals surface area contributed by atoms with Gasteiger partial charge in [-0.2, -0.15) is 0 Å². The maximum atomic E-state index is 2.38. The van der Waals surface area contributed by atoms with Gasteiger partial charge >= 0.3 is 0 Å². The zero-order valence-corrected chi connectivity index (χ0v) is 15.0. The van der Waals surface area contributed by atoms with Crippen LogP contribution >= 0.6 is 11.3 Å². The second-order valence-electron chi connectivity index (χ2n) is 7.09. The van der Waals surface area contributed by atoms with Crippen molar-refractivity contribution in [2.45, 2.75) is 59.3 Å². The van der Waals surface area contributed by atoms with Crippen molar-refractivity contribution in [3.05, 3.63) is 51.3 Å². The van der Waals surface area contributed by atoms with Crippen LogP contribution in [0, 0.1) is 18.8 Å². The molecule has 1 fully saturated rings. The summed E-state index contributed by atoms with van der Waals surface area (Å²) in [7, 11) is 0. The molecule has 0 N–H and O–H groups in total. The minimum Gasteiger partial charge on any atom is -0.148 e. The van der Waals surface area contributed by atoms with Crippen LogP contribution in [0.1, 0.15) is 62.0 Å². The van der Waals surface area contributed by atoms with Gasteiger partial charge < -0.3 is 0 Å².